The molecule has 6 nitrogen and oxygen atoms in total. The molecular formula is C19H19N5O. The topological polar surface area (TPSA) is 66.8 Å². The van der Waals surface area contributed by atoms with Gasteiger partial charge >= 0.3 is 0 Å². The highest BCUT2D eigenvalue weighted by molar-refractivity contribution is 5.98. The van der Waals surface area contributed by atoms with Crippen LogP contribution in [0, 0.1) is 11.3 Å². The molecule has 1 saturated heterocycles. The molecule has 2 aromatic heterocycles. The first-order chi connectivity index (χ1) is 12.3. The Morgan fingerprint density at radius 2 is 2.20 bits per heavy atom. The lowest BCUT2D eigenvalue weighted by Crippen LogP contribution is -2.41. The molecule has 0 aliphatic carbocycles. The summed E-state index contributed by atoms with van der Waals surface area (Å²) in [5.74, 6) is -0.0108. The fourth-order valence-electron chi connectivity index (χ4n) is 3.64. The molecule has 126 valence electrons. The number of nitrogens with zero attached hydrogens (tertiary/aromatic N) is 5. The van der Waals surface area contributed by atoms with Gasteiger partial charge in [-0.2, -0.15) is 10.4 Å². The molecule has 3 heterocycles. The molecule has 1 amide bonds. The van der Waals surface area contributed by atoms with Gasteiger partial charge in [-0.25, -0.2) is 0 Å². The van der Waals surface area contributed by atoms with Crippen molar-refractivity contribution < 1.29 is 4.79 Å². The molecule has 25 heavy (non-hydrogen) atoms. The van der Waals surface area contributed by atoms with E-state index in [1.807, 2.05) is 56.7 Å². The van der Waals surface area contributed by atoms with Gasteiger partial charge in [-0.3, -0.25) is 9.48 Å². The summed E-state index contributed by atoms with van der Waals surface area (Å²) in [7, 11) is 0. The molecule has 1 fully saturated rings. The first-order valence-corrected chi connectivity index (χ1v) is 8.51. The van der Waals surface area contributed by atoms with Crippen LogP contribution < -0.4 is 0 Å². The molecule has 4 rings (SSSR count). The van der Waals surface area contributed by atoms with Crippen LogP contribution in [0.2, 0.25) is 0 Å². The van der Waals surface area contributed by atoms with Gasteiger partial charge < -0.3 is 9.47 Å². The quantitative estimate of drug-likeness (QED) is 0.740. The van der Waals surface area contributed by atoms with Crippen molar-refractivity contribution in [3.8, 4) is 6.07 Å². The number of hydrogen-bond acceptors (Lipinski definition) is 3. The lowest BCUT2D eigenvalue weighted by Gasteiger charge is -2.33. The van der Waals surface area contributed by atoms with Gasteiger partial charge in [0, 0.05) is 36.4 Å². The first kappa shape index (κ1) is 15.5. The van der Waals surface area contributed by atoms with Crippen LogP contribution in [0.25, 0.3) is 10.9 Å². The summed E-state index contributed by atoms with van der Waals surface area (Å²) in [5.41, 5.74) is 1.51. The van der Waals surface area contributed by atoms with Crippen molar-refractivity contribution in [2.24, 2.45) is 0 Å². The molecule has 1 aliphatic heterocycles. The molecule has 0 bridgehead atoms. The van der Waals surface area contributed by atoms with Crippen molar-refractivity contribution in [2.75, 3.05) is 13.1 Å². The minimum Gasteiger partial charge on any atom is -0.335 e. The number of aromatic nitrogens is 3. The predicted octanol–water partition coefficient (Wildman–Crippen LogP) is 2.84. The maximum absolute atomic E-state index is 13.1. The maximum Gasteiger partial charge on any atom is 0.270 e. The molecule has 6 heteroatoms. The Labute approximate surface area is 145 Å². The summed E-state index contributed by atoms with van der Waals surface area (Å²) in [6.07, 6.45) is 5.69. The van der Waals surface area contributed by atoms with Crippen molar-refractivity contribution in [3.63, 3.8) is 0 Å². The molecule has 1 aliphatic rings. The van der Waals surface area contributed by atoms with E-state index in [4.69, 9.17) is 0 Å². The number of piperidine rings is 1. The van der Waals surface area contributed by atoms with Gasteiger partial charge in [-0.1, -0.05) is 18.2 Å². The van der Waals surface area contributed by atoms with Crippen molar-refractivity contribution >= 4 is 16.8 Å². The molecule has 1 atom stereocenters. The fourth-order valence-corrected chi connectivity index (χ4v) is 3.64. The van der Waals surface area contributed by atoms with Gasteiger partial charge in [-0.15, -0.1) is 0 Å². The van der Waals surface area contributed by atoms with Crippen LogP contribution in [0.3, 0.4) is 0 Å². The minimum atomic E-state index is -0.0108. The van der Waals surface area contributed by atoms with E-state index in [0.717, 1.165) is 30.3 Å². The van der Waals surface area contributed by atoms with Gasteiger partial charge in [0.2, 0.25) is 0 Å². The van der Waals surface area contributed by atoms with Crippen molar-refractivity contribution in [2.45, 2.75) is 25.4 Å². The van der Waals surface area contributed by atoms with E-state index in [0.29, 0.717) is 12.2 Å². The van der Waals surface area contributed by atoms with Crippen LogP contribution in [0.4, 0.5) is 0 Å². The average molecular weight is 333 g/mol. The predicted molar refractivity (Wildman–Crippen MR) is 94.0 cm³/mol. The molecule has 3 aromatic rings. The summed E-state index contributed by atoms with van der Waals surface area (Å²) in [5, 5.41) is 14.5. The van der Waals surface area contributed by atoms with Crippen LogP contribution in [0.5, 0.6) is 0 Å². The normalized spacial score (nSPS) is 17.6. The number of carbonyl (C=O) groups excluding carboxylic acids is 1. The van der Waals surface area contributed by atoms with Crippen LogP contribution in [-0.4, -0.2) is 38.2 Å². The summed E-state index contributed by atoms with van der Waals surface area (Å²) >= 11 is 0. The highest BCUT2D eigenvalue weighted by Gasteiger charge is 2.28. The lowest BCUT2D eigenvalue weighted by atomic mass is 10.1. The Hall–Kier alpha value is -3.07. The Balaban J connectivity index is 1.65. The van der Waals surface area contributed by atoms with Gasteiger partial charge in [0.05, 0.1) is 12.1 Å². The van der Waals surface area contributed by atoms with Crippen molar-refractivity contribution in [3.05, 3.63) is 54.5 Å². The minimum absolute atomic E-state index is 0.0108. The summed E-state index contributed by atoms with van der Waals surface area (Å²) in [6.45, 7) is 1.56. The Morgan fingerprint density at radius 1 is 1.32 bits per heavy atom. The monoisotopic (exact) mass is 333 g/mol. The number of nitriles is 1. The zero-order valence-corrected chi connectivity index (χ0v) is 13.9. The van der Waals surface area contributed by atoms with Crippen molar-refractivity contribution in [1.29, 1.82) is 5.26 Å². The smallest absolute Gasteiger partial charge is 0.270 e. The molecule has 0 radical (unpaired) electrons. The Morgan fingerprint density at radius 3 is 3.00 bits per heavy atom. The number of para-hydroxylation sites is 1. The molecule has 1 unspecified atom stereocenters. The maximum atomic E-state index is 13.1. The third-order valence-electron chi connectivity index (χ3n) is 4.84. The summed E-state index contributed by atoms with van der Waals surface area (Å²) < 4.78 is 3.75. The van der Waals surface area contributed by atoms with E-state index < -0.39 is 0 Å². The highest BCUT2D eigenvalue weighted by Crippen LogP contribution is 2.25. The van der Waals surface area contributed by atoms with Gasteiger partial charge in [0.15, 0.2) is 0 Å². The molecule has 0 N–H and O–H groups in total. The molecular weight excluding hydrogens is 314 g/mol. The van der Waals surface area contributed by atoms with Crippen LogP contribution in [0.15, 0.2) is 48.8 Å². The van der Waals surface area contributed by atoms with Crippen LogP contribution >= 0.6 is 0 Å². The zero-order valence-electron chi connectivity index (χ0n) is 13.9. The van der Waals surface area contributed by atoms with Gasteiger partial charge in [0.25, 0.3) is 5.91 Å². The second-order valence-corrected chi connectivity index (χ2v) is 6.37. The summed E-state index contributed by atoms with van der Waals surface area (Å²) in [4.78, 5) is 15.0. The SMILES string of the molecule is N#CCn1c(C(=O)N2CCCC(n3cccn3)C2)cc2ccccc21. The molecule has 1 aromatic carbocycles. The average Bonchev–Trinajstić information content (AvgIpc) is 3.30. The van der Waals surface area contributed by atoms with Crippen molar-refractivity contribution in [1.82, 2.24) is 19.2 Å². The second-order valence-electron chi connectivity index (χ2n) is 6.37. The Bertz CT molecular complexity index is 935. The standard InChI is InChI=1S/C19H19N5O/c20-8-12-23-17-7-2-1-5-15(17)13-18(23)19(25)22-10-3-6-16(14-22)24-11-4-9-21-24/h1-2,4-5,7,9,11,13,16H,3,6,10,12,14H2. The van der Waals surface area contributed by atoms with E-state index in [2.05, 4.69) is 11.2 Å². The number of fused-ring (bicyclic) bond motifs is 1. The fraction of sp³-hybridized carbons (Fsp3) is 0.316. The van der Waals surface area contributed by atoms with Gasteiger partial charge in [0.1, 0.15) is 12.2 Å². The van der Waals surface area contributed by atoms with E-state index in [1.54, 1.807) is 6.20 Å². The number of hydrogen-bond donors (Lipinski definition) is 0. The number of likely N-dealkylation sites (tertiary alicyclic amines) is 1. The number of carbonyl (C=O) groups is 1. The van der Waals surface area contributed by atoms with E-state index in [9.17, 15) is 10.1 Å². The number of rotatable bonds is 3. The van der Waals surface area contributed by atoms with Crippen LogP contribution in [-0.2, 0) is 6.54 Å². The van der Waals surface area contributed by atoms with E-state index in [-0.39, 0.29) is 18.5 Å². The molecule has 0 saturated carbocycles. The van der Waals surface area contributed by atoms with Gasteiger partial charge in [-0.05, 0) is 31.0 Å². The third-order valence-corrected chi connectivity index (χ3v) is 4.84. The summed E-state index contributed by atoms with van der Waals surface area (Å²) in [6, 6.07) is 14.0. The number of benzene rings is 1. The highest BCUT2D eigenvalue weighted by atomic mass is 16.2. The third kappa shape index (κ3) is 2.78. The van der Waals surface area contributed by atoms with E-state index >= 15 is 0 Å². The lowest BCUT2D eigenvalue weighted by molar-refractivity contribution is 0.0663. The Kier molecular flexibility index (Phi) is 3.98. The zero-order chi connectivity index (χ0) is 17.2. The first-order valence-electron chi connectivity index (χ1n) is 8.51. The van der Waals surface area contributed by atoms with Crippen LogP contribution in [0.1, 0.15) is 29.4 Å². The van der Waals surface area contributed by atoms with E-state index in [1.165, 1.54) is 0 Å². The number of amides is 1. The largest absolute Gasteiger partial charge is 0.335 e. The second kappa shape index (κ2) is 6.44. The molecule has 0 spiro atoms.